The first kappa shape index (κ1) is 26.8. The normalized spacial score (nSPS) is 12.8. The molecule has 0 spiro atoms. The van der Waals surface area contributed by atoms with E-state index in [1.165, 1.54) is 0 Å². The lowest BCUT2D eigenvalue weighted by atomic mass is 9.69. The fourth-order valence-electron chi connectivity index (χ4n) is 4.20. The number of ether oxygens (including phenoxy) is 1. The number of carbonyl (C=O) groups is 1. The molecular weight excluding hydrogens is 412 g/mol. The number of hydrogen-bond donors (Lipinski definition) is 2. The molecule has 0 fully saturated rings. The van der Waals surface area contributed by atoms with Gasteiger partial charge in [0.25, 0.3) is 0 Å². The Balaban J connectivity index is 2.93. The van der Waals surface area contributed by atoms with Crippen molar-refractivity contribution >= 4 is 5.97 Å². The van der Waals surface area contributed by atoms with Crippen molar-refractivity contribution in [2.45, 2.75) is 105 Å². The summed E-state index contributed by atoms with van der Waals surface area (Å²) in [5, 5.41) is 22.5. The van der Waals surface area contributed by atoms with E-state index in [1.54, 1.807) is 0 Å². The predicted octanol–water partition coefficient (Wildman–Crippen LogP) is 6.96. The molecule has 0 aromatic heterocycles. The number of carbonyl (C=O) groups excluding carboxylic acids is 1. The number of phenols is 2. The van der Waals surface area contributed by atoms with E-state index in [2.05, 4.69) is 41.5 Å². The molecular formula is C29H42O4. The first-order valence-electron chi connectivity index (χ1n) is 11.8. The summed E-state index contributed by atoms with van der Waals surface area (Å²) in [5.41, 5.74) is 3.52. The van der Waals surface area contributed by atoms with Gasteiger partial charge in [-0.3, -0.25) is 4.79 Å². The van der Waals surface area contributed by atoms with Crippen LogP contribution in [0.25, 0.3) is 0 Å². The molecule has 33 heavy (non-hydrogen) atoms. The van der Waals surface area contributed by atoms with E-state index in [4.69, 9.17) is 4.74 Å². The summed E-state index contributed by atoms with van der Waals surface area (Å²) < 4.78 is 5.52. The molecule has 0 radical (unpaired) electrons. The van der Waals surface area contributed by atoms with Gasteiger partial charge in [-0.2, -0.15) is 0 Å². The predicted molar refractivity (Wildman–Crippen MR) is 135 cm³/mol. The van der Waals surface area contributed by atoms with Crippen LogP contribution in [0, 0.1) is 13.8 Å². The van der Waals surface area contributed by atoms with Gasteiger partial charge < -0.3 is 14.9 Å². The zero-order valence-electron chi connectivity index (χ0n) is 22.3. The second-order valence-electron chi connectivity index (χ2n) is 11.9. The molecule has 0 aliphatic carbocycles. The van der Waals surface area contributed by atoms with Gasteiger partial charge in [0.05, 0.1) is 12.5 Å². The summed E-state index contributed by atoms with van der Waals surface area (Å²) in [7, 11) is 0. The zero-order valence-corrected chi connectivity index (χ0v) is 22.3. The highest BCUT2D eigenvalue weighted by atomic mass is 16.5. The fourth-order valence-corrected chi connectivity index (χ4v) is 4.20. The van der Waals surface area contributed by atoms with E-state index in [0.717, 1.165) is 22.3 Å². The van der Waals surface area contributed by atoms with Crippen molar-refractivity contribution in [1.29, 1.82) is 0 Å². The molecule has 0 bridgehead atoms. The molecule has 4 heteroatoms. The van der Waals surface area contributed by atoms with Crippen molar-refractivity contribution in [1.82, 2.24) is 0 Å². The van der Waals surface area contributed by atoms with Crippen molar-refractivity contribution < 1.29 is 19.7 Å². The molecule has 0 saturated heterocycles. The van der Waals surface area contributed by atoms with Gasteiger partial charge in [0.1, 0.15) is 11.5 Å². The van der Waals surface area contributed by atoms with Gasteiger partial charge >= 0.3 is 5.97 Å². The minimum absolute atomic E-state index is 0.00757. The molecule has 2 rings (SSSR count). The Kier molecular flexibility index (Phi) is 7.33. The van der Waals surface area contributed by atoms with Crippen molar-refractivity contribution in [3.63, 3.8) is 0 Å². The average molecular weight is 455 g/mol. The summed E-state index contributed by atoms with van der Waals surface area (Å²) in [4.78, 5) is 13.0. The monoisotopic (exact) mass is 454 g/mol. The highest BCUT2D eigenvalue weighted by molar-refractivity contribution is 5.74. The summed E-state index contributed by atoms with van der Waals surface area (Å²) in [6, 6.07) is 7.93. The maximum atomic E-state index is 13.0. The number of phenolic OH excluding ortho intramolecular Hbond substituents is 2. The lowest BCUT2D eigenvalue weighted by Crippen LogP contribution is -2.31. The van der Waals surface area contributed by atoms with Crippen LogP contribution in [0.4, 0.5) is 0 Å². The van der Waals surface area contributed by atoms with E-state index < -0.39 is 5.41 Å². The molecule has 2 N–H and O–H groups in total. The minimum atomic E-state index is -1.00. The molecule has 0 atom stereocenters. The molecule has 4 nitrogen and oxygen atoms in total. The quantitative estimate of drug-likeness (QED) is 0.479. The number of benzene rings is 2. The summed E-state index contributed by atoms with van der Waals surface area (Å²) >= 11 is 0. The number of aryl methyl sites for hydroxylation is 2. The third-order valence-corrected chi connectivity index (χ3v) is 6.39. The van der Waals surface area contributed by atoms with Gasteiger partial charge in [-0.25, -0.2) is 0 Å². The van der Waals surface area contributed by atoms with E-state index in [-0.39, 0.29) is 40.8 Å². The summed E-state index contributed by atoms with van der Waals surface area (Å²) in [5.74, 6) is -0.0916. The molecule has 0 aliphatic rings. The Morgan fingerprint density at radius 2 is 1.15 bits per heavy atom. The molecule has 0 aliphatic heterocycles. The molecule has 2 aromatic rings. The molecule has 0 saturated carbocycles. The van der Waals surface area contributed by atoms with Crippen molar-refractivity contribution in [3.05, 3.63) is 57.6 Å². The largest absolute Gasteiger partial charge is 0.507 e. The first-order chi connectivity index (χ1) is 14.9. The van der Waals surface area contributed by atoms with Crippen LogP contribution in [0.1, 0.15) is 102 Å². The van der Waals surface area contributed by atoms with Crippen molar-refractivity contribution in [3.8, 4) is 11.5 Å². The van der Waals surface area contributed by atoms with Crippen LogP contribution in [0.15, 0.2) is 24.3 Å². The van der Waals surface area contributed by atoms with Gasteiger partial charge in [-0.1, -0.05) is 72.7 Å². The van der Waals surface area contributed by atoms with Gasteiger partial charge in [-0.15, -0.1) is 0 Å². The minimum Gasteiger partial charge on any atom is -0.507 e. The second kappa shape index (κ2) is 9.04. The standard InChI is InChI=1S/C29H42O4/c1-17(2)33-24(30)16-29(11,22-14-20(27(5,6)7)12-18(3)25(22)31)23-15-21(28(8,9)10)13-19(4)26(23)32/h12-15,17,31-32H,16H2,1-11H3. The van der Waals surface area contributed by atoms with Gasteiger partial charge in [0.2, 0.25) is 0 Å². The Morgan fingerprint density at radius 3 is 1.45 bits per heavy atom. The SMILES string of the molecule is Cc1cc(C(C)(C)C)cc(C(C)(CC(=O)OC(C)C)c2cc(C(C)(C)C)cc(C)c2O)c1O. The topological polar surface area (TPSA) is 66.8 Å². The molecule has 0 amide bonds. The zero-order chi connectivity index (χ0) is 25.5. The van der Waals surface area contributed by atoms with Crippen LogP contribution in [-0.4, -0.2) is 22.3 Å². The van der Waals surface area contributed by atoms with E-state index in [9.17, 15) is 15.0 Å². The molecule has 0 heterocycles. The number of esters is 1. The second-order valence-corrected chi connectivity index (χ2v) is 11.9. The Hall–Kier alpha value is -2.49. The van der Waals surface area contributed by atoms with Crippen LogP contribution in [-0.2, 0) is 25.8 Å². The van der Waals surface area contributed by atoms with Crippen LogP contribution in [0.2, 0.25) is 0 Å². The van der Waals surface area contributed by atoms with Crippen LogP contribution < -0.4 is 0 Å². The van der Waals surface area contributed by atoms with E-state index in [1.807, 2.05) is 58.9 Å². The summed E-state index contributed by atoms with van der Waals surface area (Å²) in [6.45, 7) is 22.0. The highest BCUT2D eigenvalue weighted by Crippen LogP contribution is 2.48. The molecule has 182 valence electrons. The van der Waals surface area contributed by atoms with Gasteiger partial charge in [-0.05, 0) is 60.8 Å². The molecule has 0 unspecified atom stereocenters. The Labute approximate surface area is 200 Å². The van der Waals surface area contributed by atoms with Crippen molar-refractivity contribution in [2.24, 2.45) is 0 Å². The average Bonchev–Trinajstić information content (AvgIpc) is 2.62. The highest BCUT2D eigenvalue weighted by Gasteiger charge is 2.39. The lowest BCUT2D eigenvalue weighted by molar-refractivity contribution is -0.148. The maximum Gasteiger partial charge on any atom is 0.307 e. The van der Waals surface area contributed by atoms with Gasteiger partial charge in [0.15, 0.2) is 0 Å². The number of rotatable bonds is 5. The smallest absolute Gasteiger partial charge is 0.307 e. The van der Waals surface area contributed by atoms with E-state index in [0.29, 0.717) is 11.1 Å². The fraction of sp³-hybridized carbons (Fsp3) is 0.552. The van der Waals surface area contributed by atoms with Gasteiger partial charge in [0, 0.05) is 16.5 Å². The Bertz CT molecular complexity index is 964. The number of aromatic hydroxyl groups is 2. The summed E-state index contributed by atoms with van der Waals surface area (Å²) in [6.07, 6.45) is -0.263. The Morgan fingerprint density at radius 1 is 0.788 bits per heavy atom. The van der Waals surface area contributed by atoms with Crippen LogP contribution >= 0.6 is 0 Å². The lowest BCUT2D eigenvalue weighted by Gasteiger charge is -2.35. The van der Waals surface area contributed by atoms with Crippen LogP contribution in [0.5, 0.6) is 11.5 Å². The van der Waals surface area contributed by atoms with Crippen molar-refractivity contribution in [2.75, 3.05) is 0 Å². The third kappa shape index (κ3) is 5.72. The van der Waals surface area contributed by atoms with E-state index >= 15 is 0 Å². The first-order valence-corrected chi connectivity index (χ1v) is 11.8. The third-order valence-electron chi connectivity index (χ3n) is 6.39. The molecule has 2 aromatic carbocycles. The maximum absolute atomic E-state index is 13.0. The van der Waals surface area contributed by atoms with Crippen LogP contribution in [0.3, 0.4) is 0 Å². The number of hydrogen-bond acceptors (Lipinski definition) is 4.